The Bertz CT molecular complexity index is 278. The Hall–Kier alpha value is -1.14. The molecule has 0 aliphatic heterocycles. The lowest BCUT2D eigenvalue weighted by Gasteiger charge is -2.27. The molecule has 0 aromatic carbocycles. The van der Waals surface area contributed by atoms with Gasteiger partial charge in [-0.3, -0.25) is 9.59 Å². The Morgan fingerprint density at radius 2 is 1.71 bits per heavy atom. The molecule has 1 saturated carbocycles. The summed E-state index contributed by atoms with van der Waals surface area (Å²) in [6.07, 6.45) is 0.836. The minimum Gasteiger partial charge on any atom is -0.481 e. The third-order valence-corrected chi connectivity index (χ3v) is 3.20. The molecule has 0 amide bonds. The van der Waals surface area contributed by atoms with Gasteiger partial charge in [0, 0.05) is 6.61 Å². The van der Waals surface area contributed by atoms with Crippen molar-refractivity contribution in [1.29, 1.82) is 0 Å². The smallest absolute Gasteiger partial charge is 0.307 e. The first kappa shape index (κ1) is 13.9. The van der Waals surface area contributed by atoms with Crippen LogP contribution in [-0.4, -0.2) is 46.1 Å². The minimum absolute atomic E-state index is 0.0514. The third kappa shape index (κ3) is 2.95. The van der Waals surface area contributed by atoms with E-state index in [1.54, 1.807) is 0 Å². The zero-order valence-electron chi connectivity index (χ0n) is 9.76. The molecular weight excluding hydrogens is 228 g/mol. The van der Waals surface area contributed by atoms with Crippen LogP contribution >= 0.6 is 0 Å². The number of hydrogen-bond acceptors (Lipinski definition) is 4. The van der Waals surface area contributed by atoms with E-state index in [0.29, 0.717) is 6.61 Å². The molecule has 0 radical (unpaired) electrons. The molecule has 6 heteroatoms. The lowest BCUT2D eigenvalue weighted by molar-refractivity contribution is -0.152. The van der Waals surface area contributed by atoms with Crippen LogP contribution in [0.25, 0.3) is 0 Å². The number of carboxylic acid groups (broad SMARTS) is 2. The number of carbonyl (C=O) groups is 2. The number of ether oxygens (including phenoxy) is 1. The lowest BCUT2D eigenvalue weighted by Crippen LogP contribution is -2.35. The maximum Gasteiger partial charge on any atom is 0.307 e. The van der Waals surface area contributed by atoms with Crippen LogP contribution in [0.1, 0.15) is 26.2 Å². The molecule has 0 saturated heterocycles. The van der Waals surface area contributed by atoms with Crippen molar-refractivity contribution in [3.05, 3.63) is 0 Å². The van der Waals surface area contributed by atoms with Crippen LogP contribution < -0.4 is 0 Å². The number of aliphatic carboxylic acids is 2. The monoisotopic (exact) mass is 246 g/mol. The Morgan fingerprint density at radius 3 is 2.00 bits per heavy atom. The second kappa shape index (κ2) is 5.46. The van der Waals surface area contributed by atoms with Gasteiger partial charge in [0.05, 0.1) is 24.0 Å². The van der Waals surface area contributed by atoms with Gasteiger partial charge in [-0.2, -0.15) is 0 Å². The highest BCUT2D eigenvalue weighted by Crippen LogP contribution is 2.42. The molecule has 1 aliphatic carbocycles. The average Bonchev–Trinajstić information content (AvgIpc) is 2.67. The van der Waals surface area contributed by atoms with E-state index in [1.165, 1.54) is 0 Å². The van der Waals surface area contributed by atoms with Crippen molar-refractivity contribution in [2.75, 3.05) is 13.2 Å². The molecule has 0 aromatic heterocycles. The van der Waals surface area contributed by atoms with Gasteiger partial charge in [-0.05, 0) is 19.3 Å². The molecule has 0 spiro atoms. The Balaban J connectivity index is 2.84. The van der Waals surface area contributed by atoms with Crippen molar-refractivity contribution in [3.63, 3.8) is 0 Å². The molecule has 0 bridgehead atoms. The highest BCUT2D eigenvalue weighted by atomic mass is 16.5. The highest BCUT2D eigenvalue weighted by molar-refractivity contribution is 5.81. The number of hydrogen-bond donors (Lipinski definition) is 3. The molecular formula is C11H18O6. The second-order valence-electron chi connectivity index (χ2n) is 4.49. The van der Waals surface area contributed by atoms with Crippen molar-refractivity contribution in [2.45, 2.75) is 31.8 Å². The van der Waals surface area contributed by atoms with E-state index in [4.69, 9.17) is 14.9 Å². The van der Waals surface area contributed by atoms with E-state index in [-0.39, 0.29) is 19.4 Å². The second-order valence-corrected chi connectivity index (χ2v) is 4.49. The fraction of sp³-hybridized carbons (Fsp3) is 0.818. The Kier molecular flexibility index (Phi) is 4.47. The molecule has 2 atom stereocenters. The first-order valence-corrected chi connectivity index (χ1v) is 5.66. The Morgan fingerprint density at radius 1 is 1.24 bits per heavy atom. The van der Waals surface area contributed by atoms with Gasteiger partial charge in [0.25, 0.3) is 0 Å². The number of aliphatic hydroxyl groups is 1. The van der Waals surface area contributed by atoms with E-state index in [0.717, 1.165) is 6.42 Å². The van der Waals surface area contributed by atoms with Gasteiger partial charge >= 0.3 is 11.9 Å². The van der Waals surface area contributed by atoms with Gasteiger partial charge in [-0.1, -0.05) is 6.92 Å². The van der Waals surface area contributed by atoms with Gasteiger partial charge in [0.1, 0.15) is 0 Å². The maximum atomic E-state index is 11.0. The average molecular weight is 246 g/mol. The van der Waals surface area contributed by atoms with Crippen LogP contribution in [0.3, 0.4) is 0 Å². The topological polar surface area (TPSA) is 104 Å². The normalized spacial score (nSPS) is 32.6. The largest absolute Gasteiger partial charge is 0.481 e. The summed E-state index contributed by atoms with van der Waals surface area (Å²) in [6.45, 7) is 1.93. The van der Waals surface area contributed by atoms with Gasteiger partial charge < -0.3 is 20.1 Å². The molecule has 3 N–H and O–H groups in total. The summed E-state index contributed by atoms with van der Waals surface area (Å²) in [4.78, 5) is 22.0. The van der Waals surface area contributed by atoms with E-state index in [1.807, 2.05) is 6.92 Å². The van der Waals surface area contributed by atoms with Crippen LogP contribution in [0.5, 0.6) is 0 Å². The van der Waals surface area contributed by atoms with Crippen LogP contribution in [0, 0.1) is 11.8 Å². The predicted molar refractivity (Wildman–Crippen MR) is 57.5 cm³/mol. The van der Waals surface area contributed by atoms with E-state index in [2.05, 4.69) is 0 Å². The Labute approximate surface area is 99.2 Å². The van der Waals surface area contributed by atoms with Crippen molar-refractivity contribution in [2.24, 2.45) is 11.8 Å². The third-order valence-electron chi connectivity index (χ3n) is 3.20. The van der Waals surface area contributed by atoms with Crippen LogP contribution in [0.2, 0.25) is 0 Å². The van der Waals surface area contributed by atoms with Crippen molar-refractivity contribution in [1.82, 2.24) is 0 Å². The fourth-order valence-electron chi connectivity index (χ4n) is 2.30. The fourth-order valence-corrected chi connectivity index (χ4v) is 2.30. The van der Waals surface area contributed by atoms with Gasteiger partial charge in [-0.25, -0.2) is 0 Å². The molecule has 2 unspecified atom stereocenters. The molecule has 1 aliphatic rings. The van der Waals surface area contributed by atoms with Gasteiger partial charge in [-0.15, -0.1) is 0 Å². The lowest BCUT2D eigenvalue weighted by atomic mass is 9.97. The van der Waals surface area contributed by atoms with E-state index in [9.17, 15) is 14.7 Å². The highest BCUT2D eigenvalue weighted by Gasteiger charge is 2.51. The SMILES string of the molecule is CCCOC1(CO)CC(C(=O)O)C(C(=O)O)C1. The van der Waals surface area contributed by atoms with Crippen molar-refractivity contribution >= 4 is 11.9 Å². The van der Waals surface area contributed by atoms with Gasteiger partial charge in [0.15, 0.2) is 0 Å². The number of aliphatic hydroxyl groups excluding tert-OH is 1. The standard InChI is InChI=1S/C11H18O6/c1-2-3-17-11(6-12)4-7(9(13)14)8(5-11)10(15)16/h7-8,12H,2-6H2,1H3,(H,13,14)(H,15,16). The summed E-state index contributed by atoms with van der Waals surface area (Å²) in [6, 6.07) is 0. The van der Waals surface area contributed by atoms with Crippen LogP contribution in [0.15, 0.2) is 0 Å². The minimum atomic E-state index is -1.15. The van der Waals surface area contributed by atoms with Crippen LogP contribution in [-0.2, 0) is 14.3 Å². The van der Waals surface area contributed by atoms with E-state index < -0.39 is 29.4 Å². The first-order valence-electron chi connectivity index (χ1n) is 5.66. The summed E-state index contributed by atoms with van der Waals surface area (Å²) >= 11 is 0. The van der Waals surface area contributed by atoms with Crippen LogP contribution in [0.4, 0.5) is 0 Å². The molecule has 17 heavy (non-hydrogen) atoms. The molecule has 6 nitrogen and oxygen atoms in total. The zero-order chi connectivity index (χ0) is 13.1. The molecule has 0 heterocycles. The molecule has 1 fully saturated rings. The number of rotatable bonds is 6. The quantitative estimate of drug-likeness (QED) is 0.624. The predicted octanol–water partition coefficient (Wildman–Crippen LogP) is 0.339. The summed E-state index contributed by atoms with van der Waals surface area (Å²) in [5, 5.41) is 27.3. The summed E-state index contributed by atoms with van der Waals surface area (Å²) < 4.78 is 5.47. The van der Waals surface area contributed by atoms with Gasteiger partial charge in [0.2, 0.25) is 0 Å². The maximum absolute atomic E-state index is 11.0. The summed E-state index contributed by atoms with van der Waals surface area (Å²) in [5.74, 6) is -4.27. The first-order chi connectivity index (χ1) is 7.95. The molecule has 0 aromatic rings. The van der Waals surface area contributed by atoms with Crippen molar-refractivity contribution in [3.8, 4) is 0 Å². The summed E-state index contributed by atoms with van der Waals surface area (Å²) in [7, 11) is 0. The van der Waals surface area contributed by atoms with E-state index >= 15 is 0 Å². The molecule has 1 rings (SSSR count). The number of carboxylic acids is 2. The van der Waals surface area contributed by atoms with Crippen molar-refractivity contribution < 1.29 is 29.6 Å². The summed E-state index contributed by atoms with van der Waals surface area (Å²) in [5.41, 5.74) is -1.01. The molecule has 98 valence electrons. The zero-order valence-corrected chi connectivity index (χ0v) is 9.76.